The lowest BCUT2D eigenvalue weighted by Crippen LogP contribution is -2.11. The Labute approximate surface area is 154 Å². The van der Waals surface area contributed by atoms with Gasteiger partial charge >= 0.3 is 0 Å². The Bertz CT molecular complexity index is 1110. The van der Waals surface area contributed by atoms with Gasteiger partial charge in [-0.2, -0.15) is 0 Å². The summed E-state index contributed by atoms with van der Waals surface area (Å²) in [5.41, 5.74) is 7.53. The number of benzene rings is 2. The average molecular weight is 364 g/mol. The Balaban J connectivity index is 1.59. The van der Waals surface area contributed by atoms with Crippen molar-refractivity contribution < 1.29 is 0 Å². The number of thiazole rings is 1. The van der Waals surface area contributed by atoms with Crippen LogP contribution >= 0.6 is 23.1 Å². The Morgan fingerprint density at radius 3 is 2.88 bits per heavy atom. The SMILES string of the molecule is CC1(C)Cc2cc3nccc(Nc4ccc5scnc5c4)c3cc2S1. The molecule has 124 valence electrons. The molecule has 4 aromatic rings. The fourth-order valence-corrected chi connectivity index (χ4v) is 5.36. The zero-order valence-corrected chi connectivity index (χ0v) is 15.7. The van der Waals surface area contributed by atoms with Crippen molar-refractivity contribution in [3.8, 4) is 0 Å². The number of thioether (sulfide) groups is 1. The first-order valence-electron chi connectivity index (χ1n) is 8.28. The van der Waals surface area contributed by atoms with E-state index in [1.807, 2.05) is 29.5 Å². The van der Waals surface area contributed by atoms with Gasteiger partial charge < -0.3 is 5.32 Å². The van der Waals surface area contributed by atoms with Crippen molar-refractivity contribution in [2.24, 2.45) is 0 Å². The number of nitrogens with one attached hydrogen (secondary N) is 1. The van der Waals surface area contributed by atoms with Crippen molar-refractivity contribution >= 4 is 55.6 Å². The van der Waals surface area contributed by atoms with Gasteiger partial charge in [0.15, 0.2) is 0 Å². The van der Waals surface area contributed by atoms with Crippen LogP contribution in [0.4, 0.5) is 11.4 Å². The number of fused-ring (bicyclic) bond motifs is 3. The van der Waals surface area contributed by atoms with Crippen LogP contribution in [0.2, 0.25) is 0 Å². The molecule has 25 heavy (non-hydrogen) atoms. The topological polar surface area (TPSA) is 37.8 Å². The second-order valence-corrected chi connectivity index (χ2v) is 9.67. The van der Waals surface area contributed by atoms with E-state index >= 15 is 0 Å². The van der Waals surface area contributed by atoms with Crippen molar-refractivity contribution in [3.63, 3.8) is 0 Å². The lowest BCUT2D eigenvalue weighted by Gasteiger charge is -2.13. The molecule has 0 aliphatic carbocycles. The van der Waals surface area contributed by atoms with Crippen LogP contribution in [0.5, 0.6) is 0 Å². The zero-order chi connectivity index (χ0) is 17.0. The molecule has 0 fully saturated rings. The molecule has 3 nitrogen and oxygen atoms in total. The van der Waals surface area contributed by atoms with E-state index in [-0.39, 0.29) is 4.75 Å². The van der Waals surface area contributed by atoms with Gasteiger partial charge in [-0.15, -0.1) is 23.1 Å². The van der Waals surface area contributed by atoms with E-state index < -0.39 is 0 Å². The number of nitrogens with zero attached hydrogens (tertiary/aromatic N) is 2. The van der Waals surface area contributed by atoms with Gasteiger partial charge in [0.2, 0.25) is 0 Å². The number of aromatic nitrogens is 2. The van der Waals surface area contributed by atoms with Crippen LogP contribution in [-0.4, -0.2) is 14.7 Å². The summed E-state index contributed by atoms with van der Waals surface area (Å²) in [6.45, 7) is 4.61. The molecule has 0 atom stereocenters. The summed E-state index contributed by atoms with van der Waals surface area (Å²) >= 11 is 3.63. The zero-order valence-electron chi connectivity index (χ0n) is 14.0. The van der Waals surface area contributed by atoms with Crippen LogP contribution < -0.4 is 5.32 Å². The van der Waals surface area contributed by atoms with Crippen molar-refractivity contribution in [2.45, 2.75) is 29.9 Å². The Morgan fingerprint density at radius 2 is 1.96 bits per heavy atom. The minimum absolute atomic E-state index is 0.267. The first kappa shape index (κ1) is 15.2. The first-order chi connectivity index (χ1) is 12.1. The lowest BCUT2D eigenvalue weighted by molar-refractivity contribution is 0.724. The Morgan fingerprint density at radius 1 is 1.04 bits per heavy atom. The number of hydrogen-bond acceptors (Lipinski definition) is 5. The third kappa shape index (κ3) is 2.68. The van der Waals surface area contributed by atoms with Gasteiger partial charge in [-0.25, -0.2) is 4.98 Å². The van der Waals surface area contributed by atoms with Gasteiger partial charge in [0.05, 0.1) is 21.2 Å². The number of pyridine rings is 1. The quantitative estimate of drug-likeness (QED) is 0.473. The summed E-state index contributed by atoms with van der Waals surface area (Å²) in [6, 6.07) is 12.9. The largest absolute Gasteiger partial charge is 0.355 e. The van der Waals surface area contributed by atoms with E-state index in [1.54, 1.807) is 11.3 Å². The van der Waals surface area contributed by atoms with E-state index in [1.165, 1.54) is 20.5 Å². The molecule has 3 heterocycles. The highest BCUT2D eigenvalue weighted by molar-refractivity contribution is 8.01. The molecular weight excluding hydrogens is 346 g/mol. The Kier molecular flexibility index (Phi) is 3.30. The summed E-state index contributed by atoms with van der Waals surface area (Å²) in [6.07, 6.45) is 2.98. The third-order valence-electron chi connectivity index (χ3n) is 4.54. The molecule has 5 heteroatoms. The molecule has 0 saturated heterocycles. The second-order valence-electron chi connectivity index (χ2n) is 7.03. The molecule has 0 amide bonds. The molecule has 0 spiro atoms. The number of hydrogen-bond donors (Lipinski definition) is 1. The average Bonchev–Trinajstić information content (AvgIpc) is 3.14. The minimum Gasteiger partial charge on any atom is -0.355 e. The van der Waals surface area contributed by atoms with Crippen molar-refractivity contribution in [2.75, 3.05) is 5.32 Å². The van der Waals surface area contributed by atoms with Gasteiger partial charge in [-0.1, -0.05) is 13.8 Å². The van der Waals surface area contributed by atoms with Crippen LogP contribution in [-0.2, 0) is 6.42 Å². The summed E-state index contributed by atoms with van der Waals surface area (Å²) < 4.78 is 1.48. The molecule has 1 aliphatic heterocycles. The van der Waals surface area contributed by atoms with Crippen LogP contribution in [0.15, 0.2) is 53.0 Å². The molecule has 0 unspecified atom stereocenters. The number of anilines is 2. The standard InChI is InChI=1S/C20H17N3S2/c1-20(2)10-12-7-16-14(9-19(12)25-20)15(5-6-21-16)23-13-3-4-18-17(8-13)22-11-24-18/h3-9,11H,10H2,1-2H3,(H,21,23). The highest BCUT2D eigenvalue weighted by atomic mass is 32.2. The highest BCUT2D eigenvalue weighted by Gasteiger charge is 2.29. The fraction of sp³-hybridized carbons (Fsp3) is 0.200. The molecule has 0 radical (unpaired) electrons. The molecule has 0 saturated carbocycles. The summed E-state index contributed by atoms with van der Waals surface area (Å²) in [5, 5.41) is 4.73. The van der Waals surface area contributed by atoms with Crippen molar-refractivity contribution in [1.82, 2.24) is 9.97 Å². The van der Waals surface area contributed by atoms with Gasteiger partial charge in [0, 0.05) is 32.6 Å². The van der Waals surface area contributed by atoms with E-state index in [0.29, 0.717) is 0 Å². The predicted octanol–water partition coefficient (Wildman–Crippen LogP) is 6.01. The number of rotatable bonds is 2. The van der Waals surface area contributed by atoms with E-state index in [9.17, 15) is 0 Å². The molecule has 2 aromatic carbocycles. The minimum atomic E-state index is 0.267. The maximum Gasteiger partial charge on any atom is 0.0832 e. The summed E-state index contributed by atoms with van der Waals surface area (Å²) in [5.74, 6) is 0. The lowest BCUT2D eigenvalue weighted by atomic mass is 10.0. The third-order valence-corrected chi connectivity index (χ3v) is 6.64. The first-order valence-corrected chi connectivity index (χ1v) is 9.98. The highest BCUT2D eigenvalue weighted by Crippen LogP contribution is 2.46. The van der Waals surface area contributed by atoms with Crippen LogP contribution in [0.25, 0.3) is 21.1 Å². The summed E-state index contributed by atoms with van der Waals surface area (Å²) in [7, 11) is 0. The molecule has 5 rings (SSSR count). The molecule has 1 aliphatic rings. The van der Waals surface area contributed by atoms with E-state index in [2.05, 4.69) is 59.5 Å². The maximum atomic E-state index is 4.59. The van der Waals surface area contributed by atoms with Crippen LogP contribution in [0.3, 0.4) is 0 Å². The van der Waals surface area contributed by atoms with E-state index in [4.69, 9.17) is 0 Å². The summed E-state index contributed by atoms with van der Waals surface area (Å²) in [4.78, 5) is 10.4. The second kappa shape index (κ2) is 5.44. The normalized spacial score (nSPS) is 15.6. The molecule has 2 aromatic heterocycles. The van der Waals surface area contributed by atoms with Crippen molar-refractivity contribution in [1.29, 1.82) is 0 Å². The molecule has 0 bridgehead atoms. The Hall–Kier alpha value is -2.11. The molecular formula is C20H17N3S2. The van der Waals surface area contributed by atoms with Crippen molar-refractivity contribution in [3.05, 3.63) is 53.7 Å². The molecule has 1 N–H and O–H groups in total. The van der Waals surface area contributed by atoms with Gasteiger partial charge in [0.1, 0.15) is 0 Å². The van der Waals surface area contributed by atoms with Crippen LogP contribution in [0, 0.1) is 0 Å². The van der Waals surface area contributed by atoms with Gasteiger partial charge in [0.25, 0.3) is 0 Å². The van der Waals surface area contributed by atoms with Crippen LogP contribution in [0.1, 0.15) is 19.4 Å². The smallest absolute Gasteiger partial charge is 0.0832 e. The fourth-order valence-electron chi connectivity index (χ4n) is 3.44. The maximum absolute atomic E-state index is 4.59. The predicted molar refractivity (Wildman–Crippen MR) is 108 cm³/mol. The monoisotopic (exact) mass is 363 g/mol. The van der Waals surface area contributed by atoms with E-state index in [0.717, 1.165) is 28.8 Å². The van der Waals surface area contributed by atoms with Gasteiger partial charge in [-0.05, 0) is 48.4 Å². The van der Waals surface area contributed by atoms with Gasteiger partial charge in [-0.3, -0.25) is 4.98 Å².